The van der Waals surface area contributed by atoms with E-state index in [-0.39, 0.29) is 11.3 Å². The van der Waals surface area contributed by atoms with Crippen molar-refractivity contribution in [3.8, 4) is 0 Å². The normalized spacial score (nSPS) is 42.6. The summed E-state index contributed by atoms with van der Waals surface area (Å²) in [4.78, 5) is 11.0. The number of primary amides is 1. The molecule has 0 aliphatic heterocycles. The summed E-state index contributed by atoms with van der Waals surface area (Å²) >= 11 is 0. The van der Waals surface area contributed by atoms with Crippen LogP contribution in [0.4, 0.5) is 0 Å². The lowest BCUT2D eigenvalue weighted by Crippen LogP contribution is -2.42. The predicted molar refractivity (Wildman–Crippen MR) is 46.4 cm³/mol. The third-order valence-corrected chi connectivity index (χ3v) is 3.03. The number of amides is 1. The fourth-order valence-corrected chi connectivity index (χ4v) is 1.59. The largest absolute Gasteiger partial charge is 0.390 e. The Bertz CT molecular complexity index is 189. The van der Waals surface area contributed by atoms with Gasteiger partial charge in [-0.15, -0.1) is 0 Å². The second-order valence-corrected chi connectivity index (χ2v) is 4.42. The summed E-state index contributed by atoms with van der Waals surface area (Å²) in [6.07, 6.45) is 2.75. The number of hydrogen-bond donors (Lipinski definition) is 2. The zero-order chi connectivity index (χ0) is 9.41. The minimum atomic E-state index is -0.588. The van der Waals surface area contributed by atoms with Gasteiger partial charge < -0.3 is 10.8 Å². The molecule has 0 aromatic rings. The van der Waals surface area contributed by atoms with Crippen LogP contribution in [-0.4, -0.2) is 16.6 Å². The van der Waals surface area contributed by atoms with Gasteiger partial charge in [-0.3, -0.25) is 4.79 Å². The maximum Gasteiger partial charge on any atom is 0.223 e. The van der Waals surface area contributed by atoms with Crippen molar-refractivity contribution in [2.24, 2.45) is 11.1 Å². The lowest BCUT2D eigenvalue weighted by Gasteiger charge is -2.38. The molecule has 0 aromatic carbocycles. The van der Waals surface area contributed by atoms with Gasteiger partial charge in [0.15, 0.2) is 0 Å². The van der Waals surface area contributed by atoms with Gasteiger partial charge in [-0.1, -0.05) is 6.92 Å². The van der Waals surface area contributed by atoms with E-state index < -0.39 is 5.60 Å². The van der Waals surface area contributed by atoms with E-state index in [0.29, 0.717) is 25.7 Å². The highest BCUT2D eigenvalue weighted by atomic mass is 16.3. The fourth-order valence-electron chi connectivity index (χ4n) is 1.59. The molecular weight excluding hydrogens is 154 g/mol. The third-order valence-electron chi connectivity index (χ3n) is 3.03. The van der Waals surface area contributed by atoms with Crippen LogP contribution in [0.25, 0.3) is 0 Å². The zero-order valence-corrected chi connectivity index (χ0v) is 7.76. The molecule has 1 rings (SSSR count). The van der Waals surface area contributed by atoms with Gasteiger partial charge in [-0.05, 0) is 32.6 Å². The molecule has 0 aromatic heterocycles. The maximum atomic E-state index is 11.0. The van der Waals surface area contributed by atoms with Crippen molar-refractivity contribution in [3.63, 3.8) is 0 Å². The van der Waals surface area contributed by atoms with Gasteiger partial charge in [0.05, 0.1) is 5.60 Å². The number of rotatable bonds is 1. The Labute approximate surface area is 72.9 Å². The highest BCUT2D eigenvalue weighted by Crippen LogP contribution is 2.39. The maximum absolute atomic E-state index is 11.0. The van der Waals surface area contributed by atoms with Gasteiger partial charge >= 0.3 is 0 Å². The van der Waals surface area contributed by atoms with Crippen molar-refractivity contribution in [1.29, 1.82) is 0 Å². The molecule has 1 amide bonds. The number of carbonyl (C=O) groups excluding carboxylic acids is 1. The molecule has 1 saturated carbocycles. The number of hydrogen-bond acceptors (Lipinski definition) is 2. The third kappa shape index (κ3) is 1.78. The van der Waals surface area contributed by atoms with E-state index in [0.717, 1.165) is 0 Å². The molecule has 1 aliphatic carbocycles. The van der Waals surface area contributed by atoms with Gasteiger partial charge in [0.1, 0.15) is 0 Å². The second kappa shape index (κ2) is 2.73. The van der Waals surface area contributed by atoms with E-state index in [9.17, 15) is 9.90 Å². The summed E-state index contributed by atoms with van der Waals surface area (Å²) in [6.45, 7) is 3.69. The standard InChI is InChI=1S/C9H17NO2/c1-8(7(10)11)3-5-9(2,12)6-4-8/h12H,3-6H2,1-2H3,(H2,10,11). The Morgan fingerprint density at radius 3 is 2.00 bits per heavy atom. The fraction of sp³-hybridized carbons (Fsp3) is 0.889. The molecule has 0 saturated heterocycles. The molecular formula is C9H17NO2. The van der Waals surface area contributed by atoms with Crippen molar-refractivity contribution in [2.45, 2.75) is 45.1 Å². The SMILES string of the molecule is CC1(O)CCC(C)(C(N)=O)CC1. The molecule has 0 heterocycles. The first-order valence-electron chi connectivity index (χ1n) is 4.38. The number of carbonyl (C=O) groups is 1. The van der Waals surface area contributed by atoms with Crippen LogP contribution >= 0.6 is 0 Å². The van der Waals surface area contributed by atoms with Crippen LogP contribution < -0.4 is 5.73 Å². The van der Waals surface area contributed by atoms with Crippen molar-refractivity contribution in [2.75, 3.05) is 0 Å². The van der Waals surface area contributed by atoms with Gasteiger partial charge in [-0.2, -0.15) is 0 Å². The molecule has 3 nitrogen and oxygen atoms in total. The Kier molecular flexibility index (Phi) is 2.17. The summed E-state index contributed by atoms with van der Waals surface area (Å²) in [6, 6.07) is 0. The van der Waals surface area contributed by atoms with Crippen LogP contribution in [0.3, 0.4) is 0 Å². The molecule has 0 radical (unpaired) electrons. The summed E-state index contributed by atoms with van der Waals surface area (Å²) in [7, 11) is 0. The molecule has 0 unspecified atom stereocenters. The first kappa shape index (κ1) is 9.52. The van der Waals surface area contributed by atoms with E-state index in [1.807, 2.05) is 13.8 Å². The van der Waals surface area contributed by atoms with Crippen molar-refractivity contribution < 1.29 is 9.90 Å². The summed E-state index contributed by atoms with van der Waals surface area (Å²) in [5.74, 6) is -0.238. The molecule has 3 N–H and O–H groups in total. The lowest BCUT2D eigenvalue weighted by molar-refractivity contribution is -0.131. The van der Waals surface area contributed by atoms with E-state index in [1.54, 1.807) is 0 Å². The molecule has 1 aliphatic rings. The van der Waals surface area contributed by atoms with E-state index in [1.165, 1.54) is 0 Å². The van der Waals surface area contributed by atoms with Gasteiger partial charge in [0, 0.05) is 5.41 Å². The van der Waals surface area contributed by atoms with E-state index >= 15 is 0 Å². The van der Waals surface area contributed by atoms with Gasteiger partial charge in [0.2, 0.25) is 5.91 Å². The average Bonchev–Trinajstić information content (AvgIpc) is 1.96. The molecule has 3 heteroatoms. The highest BCUT2D eigenvalue weighted by Gasteiger charge is 2.39. The molecule has 0 bridgehead atoms. The molecule has 70 valence electrons. The Morgan fingerprint density at radius 2 is 1.67 bits per heavy atom. The predicted octanol–water partition coefficient (Wildman–Crippen LogP) is 0.803. The van der Waals surface area contributed by atoms with Crippen LogP contribution in [0.2, 0.25) is 0 Å². The topological polar surface area (TPSA) is 63.3 Å². The smallest absolute Gasteiger partial charge is 0.223 e. The Balaban J connectivity index is 2.62. The van der Waals surface area contributed by atoms with Crippen LogP contribution in [0.15, 0.2) is 0 Å². The molecule has 1 fully saturated rings. The quantitative estimate of drug-likeness (QED) is 0.613. The van der Waals surface area contributed by atoms with E-state index in [2.05, 4.69) is 0 Å². The number of aliphatic hydroxyl groups is 1. The van der Waals surface area contributed by atoms with Gasteiger partial charge in [0.25, 0.3) is 0 Å². The monoisotopic (exact) mass is 171 g/mol. The minimum absolute atomic E-state index is 0.238. The number of nitrogens with two attached hydrogens (primary N) is 1. The highest BCUT2D eigenvalue weighted by molar-refractivity contribution is 5.80. The van der Waals surface area contributed by atoms with Crippen LogP contribution in [0.1, 0.15) is 39.5 Å². The lowest BCUT2D eigenvalue weighted by atomic mass is 9.70. The first-order chi connectivity index (χ1) is 5.36. The first-order valence-corrected chi connectivity index (χ1v) is 4.38. The Morgan fingerprint density at radius 1 is 1.25 bits per heavy atom. The van der Waals surface area contributed by atoms with Gasteiger partial charge in [-0.25, -0.2) is 0 Å². The average molecular weight is 171 g/mol. The molecule has 0 spiro atoms. The van der Waals surface area contributed by atoms with Crippen molar-refractivity contribution in [3.05, 3.63) is 0 Å². The minimum Gasteiger partial charge on any atom is -0.390 e. The van der Waals surface area contributed by atoms with Crippen LogP contribution in [-0.2, 0) is 4.79 Å². The summed E-state index contributed by atoms with van der Waals surface area (Å²) in [5, 5.41) is 9.64. The Hall–Kier alpha value is -0.570. The molecule has 0 atom stereocenters. The van der Waals surface area contributed by atoms with Crippen molar-refractivity contribution in [1.82, 2.24) is 0 Å². The van der Waals surface area contributed by atoms with E-state index in [4.69, 9.17) is 5.73 Å². The van der Waals surface area contributed by atoms with Crippen LogP contribution in [0.5, 0.6) is 0 Å². The summed E-state index contributed by atoms with van der Waals surface area (Å²) in [5.41, 5.74) is 4.29. The zero-order valence-electron chi connectivity index (χ0n) is 7.76. The molecule has 12 heavy (non-hydrogen) atoms. The van der Waals surface area contributed by atoms with Crippen LogP contribution in [0, 0.1) is 5.41 Å². The second-order valence-electron chi connectivity index (χ2n) is 4.42. The summed E-state index contributed by atoms with van der Waals surface area (Å²) < 4.78 is 0. The van der Waals surface area contributed by atoms with Crippen molar-refractivity contribution >= 4 is 5.91 Å².